The van der Waals surface area contributed by atoms with E-state index < -0.39 is 27.0 Å². The molecule has 0 atom stereocenters. The lowest BCUT2D eigenvalue weighted by Crippen LogP contribution is -2.21. The van der Waals surface area contributed by atoms with E-state index in [1.165, 1.54) is 24.4 Å². The van der Waals surface area contributed by atoms with Crippen LogP contribution in [0.5, 0.6) is 5.75 Å². The molecule has 0 aliphatic rings. The van der Waals surface area contributed by atoms with Crippen molar-refractivity contribution in [1.29, 1.82) is 0 Å². The molecule has 132 valence electrons. The quantitative estimate of drug-likeness (QED) is 0.647. The fraction of sp³-hybridized carbons (Fsp3) is 0.0714. The Bertz CT molecular complexity index is 1030. The molecule has 0 radical (unpaired) electrons. The van der Waals surface area contributed by atoms with Crippen LogP contribution < -0.4 is 9.46 Å². The van der Waals surface area contributed by atoms with Crippen molar-refractivity contribution in [2.24, 2.45) is 0 Å². The molecule has 0 aliphatic carbocycles. The molecule has 3 rings (SSSR count). The second kappa shape index (κ2) is 6.23. The summed E-state index contributed by atoms with van der Waals surface area (Å²) in [6.45, 7) is 0. The lowest BCUT2D eigenvalue weighted by Gasteiger charge is -2.15. The number of aromatic amines is 1. The number of alkyl halides is 3. The minimum absolute atomic E-state index is 0.176. The lowest BCUT2D eigenvalue weighted by atomic mass is 10.2. The number of nitrogens with zero attached hydrogens (tertiary/aromatic N) is 1. The average Bonchev–Trinajstić information content (AvgIpc) is 2.92. The van der Waals surface area contributed by atoms with Crippen molar-refractivity contribution < 1.29 is 26.3 Å². The van der Waals surface area contributed by atoms with Crippen LogP contribution >= 0.6 is 15.9 Å². The molecule has 0 saturated heterocycles. The van der Waals surface area contributed by atoms with Crippen LogP contribution in [0.25, 0.3) is 10.9 Å². The van der Waals surface area contributed by atoms with E-state index in [1.807, 2.05) is 0 Å². The summed E-state index contributed by atoms with van der Waals surface area (Å²) >= 11 is 2.99. The minimum atomic E-state index is -5.03. The van der Waals surface area contributed by atoms with E-state index >= 15 is 0 Å². The van der Waals surface area contributed by atoms with E-state index in [9.17, 15) is 21.6 Å². The smallest absolute Gasteiger partial charge is 0.404 e. The van der Waals surface area contributed by atoms with E-state index in [-0.39, 0.29) is 10.2 Å². The van der Waals surface area contributed by atoms with Crippen molar-refractivity contribution in [3.05, 3.63) is 47.1 Å². The van der Waals surface area contributed by atoms with Crippen molar-refractivity contribution in [2.45, 2.75) is 11.3 Å². The van der Waals surface area contributed by atoms with E-state index in [1.54, 1.807) is 6.07 Å². The number of sulfonamides is 1. The number of benzene rings is 2. The molecule has 1 aromatic heterocycles. The van der Waals surface area contributed by atoms with Gasteiger partial charge in [-0.05, 0) is 36.4 Å². The Hall–Kier alpha value is -2.27. The summed E-state index contributed by atoms with van der Waals surface area (Å²) in [4.78, 5) is -0.639. The van der Waals surface area contributed by atoms with Gasteiger partial charge in [0.15, 0.2) is 5.75 Å². The molecule has 0 saturated carbocycles. The topological polar surface area (TPSA) is 84.1 Å². The molecule has 11 heteroatoms. The highest BCUT2D eigenvalue weighted by atomic mass is 79.9. The van der Waals surface area contributed by atoms with E-state index in [4.69, 9.17) is 0 Å². The minimum Gasteiger partial charge on any atom is -0.404 e. The summed E-state index contributed by atoms with van der Waals surface area (Å²) in [6, 6.07) is 7.80. The summed E-state index contributed by atoms with van der Waals surface area (Å²) < 4.78 is 68.9. The standard InChI is InChI=1S/C14H9BrF3N3O3S/c15-9-1-4-13(12(6-9)24-14(16,17)18)25(22,23)21-10-2-3-11-8(5-10)7-19-20-11/h1-7,21H,(H,19,20). The molecular weight excluding hydrogens is 427 g/mol. The van der Waals surface area contributed by atoms with Crippen LogP contribution in [0.1, 0.15) is 0 Å². The van der Waals surface area contributed by atoms with Gasteiger partial charge in [0.25, 0.3) is 10.0 Å². The number of halogens is 4. The van der Waals surface area contributed by atoms with Crippen LogP contribution in [-0.2, 0) is 10.0 Å². The van der Waals surface area contributed by atoms with E-state index in [2.05, 4.69) is 35.6 Å². The molecule has 0 spiro atoms. The Balaban J connectivity index is 1.99. The first-order chi connectivity index (χ1) is 11.6. The average molecular weight is 436 g/mol. The molecule has 0 unspecified atom stereocenters. The lowest BCUT2D eigenvalue weighted by molar-refractivity contribution is -0.275. The van der Waals surface area contributed by atoms with Gasteiger partial charge in [-0.3, -0.25) is 9.82 Å². The molecule has 0 aliphatic heterocycles. The van der Waals surface area contributed by atoms with Gasteiger partial charge < -0.3 is 4.74 Å². The van der Waals surface area contributed by atoms with Crippen molar-refractivity contribution in [2.75, 3.05) is 4.72 Å². The van der Waals surface area contributed by atoms with Gasteiger partial charge in [-0.2, -0.15) is 5.10 Å². The molecule has 25 heavy (non-hydrogen) atoms. The van der Waals surface area contributed by atoms with Gasteiger partial charge in [0.2, 0.25) is 0 Å². The zero-order chi connectivity index (χ0) is 18.2. The van der Waals surface area contributed by atoms with Gasteiger partial charge in [0.05, 0.1) is 11.7 Å². The number of anilines is 1. The monoisotopic (exact) mass is 435 g/mol. The highest BCUT2D eigenvalue weighted by Crippen LogP contribution is 2.33. The van der Waals surface area contributed by atoms with Gasteiger partial charge in [-0.15, -0.1) is 13.2 Å². The fourth-order valence-electron chi connectivity index (χ4n) is 2.12. The Morgan fingerprint density at radius 2 is 1.92 bits per heavy atom. The molecule has 6 nitrogen and oxygen atoms in total. The fourth-order valence-corrected chi connectivity index (χ4v) is 3.62. The zero-order valence-electron chi connectivity index (χ0n) is 12.1. The van der Waals surface area contributed by atoms with Crippen LogP contribution in [0.15, 0.2) is 52.0 Å². The second-order valence-corrected chi connectivity index (χ2v) is 7.48. The van der Waals surface area contributed by atoms with Gasteiger partial charge in [0.1, 0.15) is 4.90 Å². The largest absolute Gasteiger partial charge is 0.573 e. The number of rotatable bonds is 4. The van der Waals surface area contributed by atoms with Crippen LogP contribution in [-0.4, -0.2) is 25.0 Å². The highest BCUT2D eigenvalue weighted by molar-refractivity contribution is 9.10. The zero-order valence-corrected chi connectivity index (χ0v) is 14.5. The van der Waals surface area contributed by atoms with E-state index in [0.29, 0.717) is 10.9 Å². The number of H-pyrrole nitrogens is 1. The molecule has 0 fully saturated rings. The van der Waals surface area contributed by atoms with Crippen LogP contribution in [0.2, 0.25) is 0 Å². The molecule has 2 N–H and O–H groups in total. The summed E-state index contributed by atoms with van der Waals surface area (Å²) in [5.74, 6) is -0.834. The van der Waals surface area contributed by atoms with Gasteiger partial charge in [0, 0.05) is 15.5 Å². The maximum Gasteiger partial charge on any atom is 0.573 e. The first kappa shape index (κ1) is 17.5. The highest BCUT2D eigenvalue weighted by Gasteiger charge is 2.34. The number of nitrogens with one attached hydrogen (secondary N) is 2. The van der Waals surface area contributed by atoms with Crippen molar-refractivity contribution in [3.63, 3.8) is 0 Å². The molecule has 1 heterocycles. The van der Waals surface area contributed by atoms with E-state index in [0.717, 1.165) is 12.1 Å². The predicted molar refractivity (Wildman–Crippen MR) is 87.7 cm³/mol. The van der Waals surface area contributed by atoms with Crippen LogP contribution in [0, 0.1) is 0 Å². The van der Waals surface area contributed by atoms with Gasteiger partial charge in [-0.25, -0.2) is 8.42 Å². The third-order valence-corrected chi connectivity index (χ3v) is 5.03. The van der Waals surface area contributed by atoms with Crippen molar-refractivity contribution >= 4 is 42.5 Å². The van der Waals surface area contributed by atoms with Gasteiger partial charge >= 0.3 is 6.36 Å². The summed E-state index contributed by atoms with van der Waals surface area (Å²) in [7, 11) is -4.31. The number of hydrogen-bond donors (Lipinski definition) is 2. The Morgan fingerprint density at radius 3 is 2.64 bits per heavy atom. The van der Waals surface area contributed by atoms with Crippen molar-refractivity contribution in [1.82, 2.24) is 10.2 Å². The normalized spacial score (nSPS) is 12.3. The summed E-state index contributed by atoms with van der Waals surface area (Å²) in [5, 5.41) is 7.16. The number of ether oxygens (including phenoxy) is 1. The molecular formula is C14H9BrF3N3O3S. The molecule has 3 aromatic rings. The maximum absolute atomic E-state index is 12.5. The van der Waals surface area contributed by atoms with Crippen molar-refractivity contribution in [3.8, 4) is 5.75 Å². The Morgan fingerprint density at radius 1 is 1.16 bits per heavy atom. The Labute approximate surface area is 148 Å². The number of fused-ring (bicyclic) bond motifs is 1. The molecule has 2 aromatic carbocycles. The maximum atomic E-state index is 12.5. The third-order valence-electron chi connectivity index (χ3n) is 3.11. The second-order valence-electron chi connectivity index (χ2n) is 4.92. The summed E-state index contributed by atoms with van der Waals surface area (Å²) in [5.41, 5.74) is 0.863. The third kappa shape index (κ3) is 4.04. The number of hydrogen-bond acceptors (Lipinski definition) is 4. The summed E-state index contributed by atoms with van der Waals surface area (Å²) in [6.07, 6.45) is -3.54. The van der Waals surface area contributed by atoms with Crippen LogP contribution in [0.4, 0.5) is 18.9 Å². The predicted octanol–water partition coefficient (Wildman–Crippen LogP) is 4.02. The first-order valence-electron chi connectivity index (χ1n) is 6.65. The molecule has 0 amide bonds. The Kier molecular flexibility index (Phi) is 4.37. The SMILES string of the molecule is O=S(=O)(Nc1ccc2[nH]ncc2c1)c1ccc(Br)cc1OC(F)(F)F. The molecule has 0 bridgehead atoms. The van der Waals surface area contributed by atoms with Gasteiger partial charge in [-0.1, -0.05) is 15.9 Å². The first-order valence-corrected chi connectivity index (χ1v) is 8.93. The number of aromatic nitrogens is 2. The van der Waals surface area contributed by atoms with Crippen LogP contribution in [0.3, 0.4) is 0 Å².